The molecule has 0 aliphatic heterocycles. The molecule has 0 aliphatic rings. The van der Waals surface area contributed by atoms with Gasteiger partial charge in [-0.05, 0) is 37.3 Å². The van der Waals surface area contributed by atoms with Crippen LogP contribution in [-0.2, 0) is 6.61 Å². The van der Waals surface area contributed by atoms with E-state index in [-0.39, 0.29) is 28.5 Å². The van der Waals surface area contributed by atoms with Gasteiger partial charge in [0, 0.05) is 29.1 Å². The van der Waals surface area contributed by atoms with Crippen molar-refractivity contribution in [1.29, 1.82) is 0 Å². The van der Waals surface area contributed by atoms with E-state index in [4.69, 9.17) is 21.4 Å². The molecule has 0 spiro atoms. The Balaban J connectivity index is 1.95. The van der Waals surface area contributed by atoms with Gasteiger partial charge < -0.3 is 9.84 Å². The summed E-state index contributed by atoms with van der Waals surface area (Å²) < 4.78 is 33.4. The first-order valence-corrected chi connectivity index (χ1v) is 8.48. The summed E-state index contributed by atoms with van der Waals surface area (Å²) in [5.41, 5.74) is 0.284. The molecule has 0 saturated carbocycles. The van der Waals surface area contributed by atoms with Gasteiger partial charge in [-0.15, -0.1) is 0 Å². The number of aromatic carboxylic acids is 1. The number of nitrogens with zero attached hydrogens (tertiary/aromatic N) is 1. The van der Waals surface area contributed by atoms with Gasteiger partial charge >= 0.3 is 5.97 Å². The molecule has 8 heteroatoms. The molecule has 3 aromatic rings. The summed E-state index contributed by atoms with van der Waals surface area (Å²) in [6.45, 7) is 1.37. The number of pyridine rings is 1. The Hall–Kier alpha value is -3.19. The van der Waals surface area contributed by atoms with E-state index in [1.165, 1.54) is 34.9 Å². The molecule has 0 unspecified atom stereocenters. The van der Waals surface area contributed by atoms with Crippen LogP contribution in [0.4, 0.5) is 8.78 Å². The second kappa shape index (κ2) is 7.82. The van der Waals surface area contributed by atoms with Gasteiger partial charge in [-0.2, -0.15) is 0 Å². The number of carbonyl (C=O) groups is 1. The van der Waals surface area contributed by atoms with Crippen molar-refractivity contribution >= 4 is 17.6 Å². The summed E-state index contributed by atoms with van der Waals surface area (Å²) in [5.74, 6) is -2.56. The van der Waals surface area contributed by atoms with Gasteiger partial charge in [-0.1, -0.05) is 17.7 Å². The molecule has 0 amide bonds. The number of benzene rings is 2. The van der Waals surface area contributed by atoms with E-state index in [0.717, 1.165) is 12.1 Å². The predicted molar refractivity (Wildman–Crippen MR) is 99.4 cm³/mol. The second-order valence-corrected chi connectivity index (χ2v) is 6.36. The molecule has 144 valence electrons. The van der Waals surface area contributed by atoms with Crippen LogP contribution < -0.4 is 10.3 Å². The quantitative estimate of drug-likeness (QED) is 0.685. The van der Waals surface area contributed by atoms with Gasteiger partial charge in [0.2, 0.25) is 0 Å². The van der Waals surface area contributed by atoms with Gasteiger partial charge in [-0.3, -0.25) is 9.36 Å². The zero-order valence-electron chi connectivity index (χ0n) is 14.6. The molecule has 1 N–H and O–H groups in total. The normalized spacial score (nSPS) is 10.7. The lowest BCUT2D eigenvalue weighted by Crippen LogP contribution is -2.22. The smallest absolute Gasteiger partial charge is 0.335 e. The Morgan fingerprint density at radius 1 is 1.18 bits per heavy atom. The highest BCUT2D eigenvalue weighted by molar-refractivity contribution is 6.31. The van der Waals surface area contributed by atoms with Gasteiger partial charge in [0.25, 0.3) is 5.56 Å². The first-order chi connectivity index (χ1) is 13.3. The number of aryl methyl sites for hydroxylation is 1. The van der Waals surface area contributed by atoms with Crippen LogP contribution in [0, 0.1) is 18.6 Å². The van der Waals surface area contributed by atoms with E-state index in [9.17, 15) is 18.4 Å². The molecule has 3 rings (SSSR count). The Labute approximate surface area is 163 Å². The fourth-order valence-electron chi connectivity index (χ4n) is 2.68. The average Bonchev–Trinajstić information content (AvgIpc) is 2.65. The topological polar surface area (TPSA) is 68.5 Å². The van der Waals surface area contributed by atoms with Crippen LogP contribution in [-0.4, -0.2) is 15.6 Å². The number of hydrogen-bond acceptors (Lipinski definition) is 3. The molecule has 0 aliphatic carbocycles. The third-order valence-electron chi connectivity index (χ3n) is 4.05. The molecular weight excluding hydrogens is 392 g/mol. The average molecular weight is 406 g/mol. The lowest BCUT2D eigenvalue weighted by Gasteiger charge is -2.15. The number of ether oxygens (including phenoxy) is 1. The lowest BCUT2D eigenvalue weighted by molar-refractivity contribution is 0.0697. The first-order valence-electron chi connectivity index (χ1n) is 8.10. The van der Waals surface area contributed by atoms with E-state index in [1.54, 1.807) is 13.0 Å². The Bertz CT molecular complexity index is 1130. The summed E-state index contributed by atoms with van der Waals surface area (Å²) in [4.78, 5) is 23.9. The highest BCUT2D eigenvalue weighted by atomic mass is 35.5. The number of carboxylic acid groups (broad SMARTS) is 1. The molecule has 28 heavy (non-hydrogen) atoms. The largest absolute Gasteiger partial charge is 0.487 e. The Morgan fingerprint density at radius 3 is 2.61 bits per heavy atom. The van der Waals surface area contributed by atoms with Crippen molar-refractivity contribution in [2.75, 3.05) is 0 Å². The van der Waals surface area contributed by atoms with Crippen molar-refractivity contribution in [3.8, 4) is 11.4 Å². The number of rotatable bonds is 5. The molecule has 0 atom stereocenters. The van der Waals surface area contributed by atoms with Crippen LogP contribution in [0.2, 0.25) is 5.02 Å². The van der Waals surface area contributed by atoms with Crippen LogP contribution in [0.15, 0.2) is 53.3 Å². The summed E-state index contributed by atoms with van der Waals surface area (Å²) in [5, 5.41) is 8.88. The highest BCUT2D eigenvalue weighted by Gasteiger charge is 2.16. The molecule has 0 fully saturated rings. The summed E-state index contributed by atoms with van der Waals surface area (Å²) in [6, 6.07) is 10.4. The van der Waals surface area contributed by atoms with E-state index in [1.807, 2.05) is 0 Å². The Kier molecular flexibility index (Phi) is 5.46. The SMILES string of the molecule is Cc1cc(OCc2ccc(F)cc2F)c(Cl)c(=O)n1-c1cccc(C(=O)O)c1. The van der Waals surface area contributed by atoms with Gasteiger partial charge in [0.15, 0.2) is 0 Å². The standard InChI is InChI=1S/C20H14ClF2NO4/c1-11-7-17(28-10-13-5-6-14(22)9-16(13)23)18(21)19(25)24(11)15-4-2-3-12(8-15)20(26)27/h2-9H,10H2,1H3,(H,26,27). The molecule has 1 aromatic heterocycles. The van der Waals surface area contributed by atoms with Crippen molar-refractivity contribution in [3.63, 3.8) is 0 Å². The maximum absolute atomic E-state index is 13.7. The summed E-state index contributed by atoms with van der Waals surface area (Å²) in [7, 11) is 0. The van der Waals surface area contributed by atoms with Crippen LogP contribution in [0.1, 0.15) is 21.6 Å². The maximum Gasteiger partial charge on any atom is 0.335 e. The van der Waals surface area contributed by atoms with Crippen molar-refractivity contribution in [2.24, 2.45) is 0 Å². The lowest BCUT2D eigenvalue weighted by atomic mass is 10.2. The van der Waals surface area contributed by atoms with Crippen molar-refractivity contribution < 1.29 is 23.4 Å². The maximum atomic E-state index is 13.7. The molecule has 1 heterocycles. The number of carboxylic acids is 1. The second-order valence-electron chi connectivity index (χ2n) is 5.98. The monoisotopic (exact) mass is 405 g/mol. The molecule has 2 aromatic carbocycles. The summed E-state index contributed by atoms with van der Waals surface area (Å²) >= 11 is 6.13. The van der Waals surface area contributed by atoms with Crippen molar-refractivity contribution in [2.45, 2.75) is 13.5 Å². The summed E-state index contributed by atoms with van der Waals surface area (Å²) in [6.07, 6.45) is 0. The molecule has 5 nitrogen and oxygen atoms in total. The number of aromatic nitrogens is 1. The zero-order valence-corrected chi connectivity index (χ0v) is 15.3. The van der Waals surface area contributed by atoms with E-state index in [0.29, 0.717) is 11.4 Å². The minimum absolute atomic E-state index is 0.0204. The van der Waals surface area contributed by atoms with Crippen LogP contribution in [0.5, 0.6) is 5.75 Å². The third kappa shape index (κ3) is 3.89. The predicted octanol–water partition coefficient (Wildman–Crippen LogP) is 4.35. The van der Waals surface area contributed by atoms with Gasteiger partial charge in [0.1, 0.15) is 29.0 Å². The minimum Gasteiger partial charge on any atom is -0.487 e. The minimum atomic E-state index is -1.13. The number of halogens is 3. The van der Waals surface area contributed by atoms with Crippen LogP contribution in [0.3, 0.4) is 0 Å². The molecular formula is C20H14ClF2NO4. The fraction of sp³-hybridized carbons (Fsp3) is 0.100. The fourth-order valence-corrected chi connectivity index (χ4v) is 2.87. The Morgan fingerprint density at radius 2 is 1.93 bits per heavy atom. The van der Waals surface area contributed by atoms with Crippen molar-refractivity contribution in [3.05, 3.63) is 92.4 Å². The molecule has 0 bridgehead atoms. The number of hydrogen-bond donors (Lipinski definition) is 1. The highest BCUT2D eigenvalue weighted by Crippen LogP contribution is 2.25. The molecule has 0 saturated heterocycles. The zero-order chi connectivity index (χ0) is 20.4. The van der Waals surface area contributed by atoms with Crippen LogP contribution >= 0.6 is 11.6 Å². The van der Waals surface area contributed by atoms with E-state index in [2.05, 4.69) is 0 Å². The molecule has 0 radical (unpaired) electrons. The first kappa shape index (κ1) is 19.6. The van der Waals surface area contributed by atoms with Crippen molar-refractivity contribution in [1.82, 2.24) is 4.57 Å². The van der Waals surface area contributed by atoms with Gasteiger partial charge in [0.05, 0.1) is 5.56 Å². The van der Waals surface area contributed by atoms with E-state index >= 15 is 0 Å². The third-order valence-corrected chi connectivity index (χ3v) is 4.40. The van der Waals surface area contributed by atoms with Crippen LogP contribution in [0.25, 0.3) is 5.69 Å². The van der Waals surface area contributed by atoms with E-state index < -0.39 is 23.2 Å². The van der Waals surface area contributed by atoms with Gasteiger partial charge in [-0.25, -0.2) is 13.6 Å².